The van der Waals surface area contributed by atoms with Crippen LogP contribution in [0.4, 0.5) is 4.39 Å². The van der Waals surface area contributed by atoms with Gasteiger partial charge < -0.3 is 9.47 Å². The van der Waals surface area contributed by atoms with E-state index >= 15 is 0 Å². The van der Waals surface area contributed by atoms with Gasteiger partial charge in [0.25, 0.3) is 0 Å². The molecule has 0 N–H and O–H groups in total. The highest BCUT2D eigenvalue weighted by molar-refractivity contribution is 5.99. The van der Waals surface area contributed by atoms with E-state index in [4.69, 9.17) is 9.47 Å². The molecule has 0 radical (unpaired) electrons. The van der Waals surface area contributed by atoms with Crippen molar-refractivity contribution >= 4 is 5.78 Å². The van der Waals surface area contributed by atoms with Crippen LogP contribution in [0.2, 0.25) is 0 Å². The average molecular weight is 350 g/mol. The second-order valence-corrected chi connectivity index (χ2v) is 5.88. The molecule has 0 bridgehead atoms. The Hall–Kier alpha value is -3.14. The van der Waals surface area contributed by atoms with E-state index in [1.54, 1.807) is 31.2 Å². The molecule has 3 aromatic rings. The minimum absolute atomic E-state index is 0.200. The van der Waals surface area contributed by atoms with Gasteiger partial charge in [0.15, 0.2) is 6.10 Å². The first-order chi connectivity index (χ1) is 12.6. The van der Waals surface area contributed by atoms with E-state index in [0.717, 1.165) is 11.3 Å². The number of benzene rings is 3. The quantitative estimate of drug-likeness (QED) is 0.559. The smallest absolute Gasteiger partial charge is 0.202 e. The van der Waals surface area contributed by atoms with Crippen molar-refractivity contribution in [2.45, 2.75) is 19.6 Å². The summed E-state index contributed by atoms with van der Waals surface area (Å²) in [5.74, 6) is 0.717. The van der Waals surface area contributed by atoms with Gasteiger partial charge in [-0.25, -0.2) is 4.39 Å². The van der Waals surface area contributed by atoms with Gasteiger partial charge in [-0.3, -0.25) is 4.79 Å². The van der Waals surface area contributed by atoms with E-state index in [9.17, 15) is 9.18 Å². The number of ketones is 1. The SMILES string of the molecule is CC(Oc1ccc(OCc2ccccc2)cc1)C(=O)c1ccc(F)cc1. The molecule has 1 atom stereocenters. The van der Waals surface area contributed by atoms with E-state index in [1.807, 2.05) is 30.3 Å². The molecular weight excluding hydrogens is 331 g/mol. The summed E-state index contributed by atoms with van der Waals surface area (Å²) >= 11 is 0. The van der Waals surface area contributed by atoms with Crippen LogP contribution in [0.5, 0.6) is 11.5 Å². The fourth-order valence-corrected chi connectivity index (χ4v) is 2.46. The van der Waals surface area contributed by atoms with E-state index in [-0.39, 0.29) is 11.6 Å². The molecule has 0 heterocycles. The van der Waals surface area contributed by atoms with Gasteiger partial charge in [-0.15, -0.1) is 0 Å². The van der Waals surface area contributed by atoms with Crippen molar-refractivity contribution in [1.82, 2.24) is 0 Å². The first-order valence-electron chi connectivity index (χ1n) is 8.35. The summed E-state index contributed by atoms with van der Waals surface area (Å²) in [6, 6.07) is 22.5. The summed E-state index contributed by atoms with van der Waals surface area (Å²) in [7, 11) is 0. The van der Waals surface area contributed by atoms with Crippen molar-refractivity contribution in [3.63, 3.8) is 0 Å². The van der Waals surface area contributed by atoms with Crippen LogP contribution in [0.15, 0.2) is 78.9 Å². The van der Waals surface area contributed by atoms with Gasteiger partial charge >= 0.3 is 0 Å². The minimum atomic E-state index is -0.670. The molecule has 132 valence electrons. The first-order valence-corrected chi connectivity index (χ1v) is 8.35. The van der Waals surface area contributed by atoms with E-state index in [2.05, 4.69) is 0 Å². The third kappa shape index (κ3) is 4.70. The zero-order valence-corrected chi connectivity index (χ0v) is 14.4. The van der Waals surface area contributed by atoms with Crippen LogP contribution in [0.25, 0.3) is 0 Å². The summed E-state index contributed by atoms with van der Waals surface area (Å²) < 4.78 is 24.4. The molecular formula is C22H19FO3. The fourth-order valence-electron chi connectivity index (χ4n) is 2.46. The predicted molar refractivity (Wildman–Crippen MR) is 98.0 cm³/mol. The number of rotatable bonds is 7. The van der Waals surface area contributed by atoms with Gasteiger partial charge in [-0.05, 0) is 61.0 Å². The second-order valence-electron chi connectivity index (χ2n) is 5.88. The van der Waals surface area contributed by atoms with Crippen LogP contribution in [0, 0.1) is 5.82 Å². The van der Waals surface area contributed by atoms with Gasteiger partial charge in [-0.1, -0.05) is 30.3 Å². The number of carbonyl (C=O) groups excluding carboxylic acids is 1. The highest BCUT2D eigenvalue weighted by Gasteiger charge is 2.17. The van der Waals surface area contributed by atoms with Crippen molar-refractivity contribution < 1.29 is 18.7 Å². The monoisotopic (exact) mass is 350 g/mol. The first kappa shape index (κ1) is 17.7. The van der Waals surface area contributed by atoms with Gasteiger partial charge in [0.2, 0.25) is 5.78 Å². The summed E-state index contributed by atoms with van der Waals surface area (Å²) in [5, 5.41) is 0. The Balaban J connectivity index is 1.56. The standard InChI is InChI=1S/C22H19FO3/c1-16(22(24)18-7-9-19(23)10-8-18)26-21-13-11-20(12-14-21)25-15-17-5-3-2-4-6-17/h2-14,16H,15H2,1H3. The lowest BCUT2D eigenvalue weighted by atomic mass is 10.1. The largest absolute Gasteiger partial charge is 0.489 e. The van der Waals surface area contributed by atoms with Crippen molar-refractivity contribution in [3.8, 4) is 11.5 Å². The highest BCUT2D eigenvalue weighted by atomic mass is 19.1. The van der Waals surface area contributed by atoms with Gasteiger partial charge in [-0.2, -0.15) is 0 Å². The molecule has 0 aliphatic heterocycles. The molecule has 3 rings (SSSR count). The molecule has 0 saturated heterocycles. The Bertz CT molecular complexity index is 843. The zero-order valence-electron chi connectivity index (χ0n) is 14.4. The summed E-state index contributed by atoms with van der Waals surface area (Å²) in [6.07, 6.45) is -0.670. The number of carbonyl (C=O) groups is 1. The Morgan fingerprint density at radius 3 is 2.15 bits per heavy atom. The van der Waals surface area contributed by atoms with E-state index < -0.39 is 6.10 Å². The van der Waals surface area contributed by atoms with Gasteiger partial charge in [0.05, 0.1) is 0 Å². The number of hydrogen-bond acceptors (Lipinski definition) is 3. The summed E-state index contributed by atoms with van der Waals surface area (Å²) in [6.45, 7) is 2.16. The van der Waals surface area contributed by atoms with Crippen LogP contribution >= 0.6 is 0 Å². The average Bonchev–Trinajstić information content (AvgIpc) is 2.68. The van der Waals surface area contributed by atoms with Gasteiger partial charge in [0.1, 0.15) is 23.9 Å². The van der Waals surface area contributed by atoms with E-state index in [1.165, 1.54) is 24.3 Å². The summed E-state index contributed by atoms with van der Waals surface area (Å²) in [5.41, 5.74) is 1.51. The normalized spacial score (nSPS) is 11.6. The Morgan fingerprint density at radius 1 is 0.885 bits per heavy atom. The maximum atomic E-state index is 13.0. The Kier molecular flexibility index (Phi) is 5.64. The van der Waals surface area contributed by atoms with Crippen molar-refractivity contribution in [1.29, 1.82) is 0 Å². The van der Waals surface area contributed by atoms with Crippen LogP contribution in [0.3, 0.4) is 0 Å². The molecule has 26 heavy (non-hydrogen) atoms. The maximum absolute atomic E-state index is 13.0. The summed E-state index contributed by atoms with van der Waals surface area (Å²) in [4.78, 5) is 12.3. The molecule has 0 aliphatic carbocycles. The zero-order chi connectivity index (χ0) is 18.4. The van der Waals surface area contributed by atoms with Crippen LogP contribution in [-0.4, -0.2) is 11.9 Å². The molecule has 1 unspecified atom stereocenters. The lowest BCUT2D eigenvalue weighted by Gasteiger charge is -2.14. The topological polar surface area (TPSA) is 35.5 Å². The lowest BCUT2D eigenvalue weighted by molar-refractivity contribution is 0.0818. The minimum Gasteiger partial charge on any atom is -0.489 e. The van der Waals surface area contributed by atoms with Crippen LogP contribution < -0.4 is 9.47 Å². The lowest BCUT2D eigenvalue weighted by Crippen LogP contribution is -2.23. The number of ether oxygens (including phenoxy) is 2. The maximum Gasteiger partial charge on any atom is 0.202 e. The number of hydrogen-bond donors (Lipinski definition) is 0. The molecule has 3 aromatic carbocycles. The van der Waals surface area contributed by atoms with Crippen molar-refractivity contribution in [2.24, 2.45) is 0 Å². The number of halogens is 1. The van der Waals surface area contributed by atoms with E-state index in [0.29, 0.717) is 17.9 Å². The molecule has 0 fully saturated rings. The molecule has 0 amide bonds. The molecule has 0 spiro atoms. The highest BCUT2D eigenvalue weighted by Crippen LogP contribution is 2.20. The number of Topliss-reactive ketones (excluding diaryl/α,β-unsaturated/α-hetero) is 1. The molecule has 0 aromatic heterocycles. The molecule has 4 heteroatoms. The second kappa shape index (κ2) is 8.30. The molecule has 0 saturated carbocycles. The molecule has 3 nitrogen and oxygen atoms in total. The van der Waals surface area contributed by atoms with Crippen molar-refractivity contribution in [2.75, 3.05) is 0 Å². The van der Waals surface area contributed by atoms with Gasteiger partial charge in [0, 0.05) is 5.56 Å². The van der Waals surface area contributed by atoms with Crippen LogP contribution in [-0.2, 0) is 6.61 Å². The third-order valence-electron chi connectivity index (χ3n) is 3.88. The Morgan fingerprint density at radius 2 is 1.50 bits per heavy atom. The third-order valence-corrected chi connectivity index (χ3v) is 3.88. The van der Waals surface area contributed by atoms with Crippen LogP contribution in [0.1, 0.15) is 22.8 Å². The molecule has 0 aliphatic rings. The fraction of sp³-hybridized carbons (Fsp3) is 0.136. The Labute approximate surface area is 152 Å². The predicted octanol–water partition coefficient (Wildman–Crippen LogP) is 5.05. The van der Waals surface area contributed by atoms with Crippen molar-refractivity contribution in [3.05, 3.63) is 95.8 Å².